The zero-order valence-electron chi connectivity index (χ0n) is 9.14. The van der Waals surface area contributed by atoms with E-state index < -0.39 is 22.6 Å². The first kappa shape index (κ1) is 14.7. The number of hydrogen-bond acceptors (Lipinski definition) is 4. The van der Waals surface area contributed by atoms with Crippen molar-refractivity contribution in [1.82, 2.24) is 4.98 Å². The molecule has 2 N–H and O–H groups in total. The number of primary sulfonamides is 1. The SMILES string of the molecule is NS(=O)(=O)c1cccnc1OCCCC(F)(F)F. The first-order valence-corrected chi connectivity index (χ1v) is 6.42. The smallest absolute Gasteiger partial charge is 0.389 e. The van der Waals surface area contributed by atoms with Crippen molar-refractivity contribution in [3.63, 3.8) is 0 Å². The Bertz CT molecular complexity index is 502. The van der Waals surface area contributed by atoms with E-state index in [0.717, 1.165) is 0 Å². The second kappa shape index (κ2) is 5.53. The van der Waals surface area contributed by atoms with E-state index in [1.54, 1.807) is 0 Å². The summed E-state index contributed by atoms with van der Waals surface area (Å²) in [7, 11) is -4.01. The fraction of sp³-hybridized carbons (Fsp3) is 0.444. The quantitative estimate of drug-likeness (QED) is 0.830. The molecule has 0 unspecified atom stereocenters. The van der Waals surface area contributed by atoms with Crippen molar-refractivity contribution >= 4 is 10.0 Å². The average Bonchev–Trinajstić information content (AvgIpc) is 2.22. The van der Waals surface area contributed by atoms with Gasteiger partial charge < -0.3 is 4.74 Å². The number of nitrogens with two attached hydrogens (primary N) is 1. The number of pyridine rings is 1. The molecule has 5 nitrogen and oxygen atoms in total. The fourth-order valence-electron chi connectivity index (χ4n) is 1.14. The van der Waals surface area contributed by atoms with Gasteiger partial charge in [0.2, 0.25) is 15.9 Å². The van der Waals surface area contributed by atoms with Crippen molar-refractivity contribution < 1.29 is 26.3 Å². The molecular weight excluding hydrogens is 273 g/mol. The van der Waals surface area contributed by atoms with Gasteiger partial charge in [0, 0.05) is 12.6 Å². The molecule has 1 rings (SSSR count). The first-order chi connectivity index (χ1) is 8.20. The van der Waals surface area contributed by atoms with E-state index in [0.29, 0.717) is 0 Å². The second-order valence-electron chi connectivity index (χ2n) is 3.42. The zero-order valence-corrected chi connectivity index (χ0v) is 9.96. The minimum atomic E-state index is -4.27. The first-order valence-electron chi connectivity index (χ1n) is 4.87. The van der Waals surface area contributed by atoms with E-state index in [-0.39, 0.29) is 23.8 Å². The van der Waals surface area contributed by atoms with Crippen LogP contribution in [0.2, 0.25) is 0 Å². The average molecular weight is 284 g/mol. The number of aromatic nitrogens is 1. The van der Waals surface area contributed by atoms with Crippen molar-refractivity contribution in [1.29, 1.82) is 0 Å². The molecule has 0 aliphatic heterocycles. The lowest BCUT2D eigenvalue weighted by atomic mass is 10.3. The number of nitrogens with zero attached hydrogens (tertiary/aromatic N) is 1. The second-order valence-corrected chi connectivity index (χ2v) is 4.95. The van der Waals surface area contributed by atoms with Crippen molar-refractivity contribution in [2.75, 3.05) is 6.61 Å². The van der Waals surface area contributed by atoms with Gasteiger partial charge in [-0.2, -0.15) is 13.2 Å². The summed E-state index contributed by atoms with van der Waals surface area (Å²) in [5.41, 5.74) is 0. The molecule has 9 heteroatoms. The normalized spacial score (nSPS) is 12.4. The summed E-state index contributed by atoms with van der Waals surface area (Å²) in [6.07, 6.45) is -4.31. The van der Waals surface area contributed by atoms with Gasteiger partial charge >= 0.3 is 6.18 Å². The standard InChI is InChI=1S/C9H11F3N2O3S/c10-9(11,12)4-2-6-17-8-7(18(13,15)16)3-1-5-14-8/h1,3,5H,2,4,6H2,(H2,13,15,16). The van der Waals surface area contributed by atoms with Crippen molar-refractivity contribution in [2.24, 2.45) is 5.14 Å². The summed E-state index contributed by atoms with van der Waals surface area (Å²) in [5, 5.41) is 4.90. The van der Waals surface area contributed by atoms with Crippen LogP contribution in [0.3, 0.4) is 0 Å². The molecule has 0 aliphatic carbocycles. The molecule has 18 heavy (non-hydrogen) atoms. The van der Waals surface area contributed by atoms with E-state index in [1.165, 1.54) is 18.3 Å². The van der Waals surface area contributed by atoms with Gasteiger partial charge in [-0.15, -0.1) is 0 Å². The van der Waals surface area contributed by atoms with Crippen molar-refractivity contribution in [2.45, 2.75) is 23.9 Å². The van der Waals surface area contributed by atoms with Crippen LogP contribution < -0.4 is 9.88 Å². The summed E-state index contributed by atoms with van der Waals surface area (Å²) in [6, 6.07) is 2.50. The van der Waals surface area contributed by atoms with Crippen LogP contribution in [-0.4, -0.2) is 26.2 Å². The Kier molecular flexibility index (Phi) is 4.52. The number of rotatable bonds is 5. The highest BCUT2D eigenvalue weighted by Gasteiger charge is 2.26. The molecule has 0 saturated heterocycles. The molecule has 0 aliphatic rings. The summed E-state index contributed by atoms with van der Waals surface area (Å²) < 4.78 is 62.7. The molecule has 0 fully saturated rings. The van der Waals surface area contributed by atoms with E-state index in [4.69, 9.17) is 9.88 Å². The summed E-state index contributed by atoms with van der Waals surface area (Å²) in [6.45, 7) is -0.293. The largest absolute Gasteiger partial charge is 0.477 e. The molecule has 0 bridgehead atoms. The number of ether oxygens (including phenoxy) is 1. The van der Waals surface area contributed by atoms with Gasteiger partial charge in [-0.3, -0.25) is 0 Å². The molecule has 0 spiro atoms. The molecule has 1 aromatic rings. The molecule has 0 atom stereocenters. The maximum absolute atomic E-state index is 11.9. The van der Waals surface area contributed by atoms with Crippen LogP contribution in [0.4, 0.5) is 13.2 Å². The van der Waals surface area contributed by atoms with Gasteiger partial charge in [-0.1, -0.05) is 0 Å². The van der Waals surface area contributed by atoms with E-state index >= 15 is 0 Å². The Balaban J connectivity index is 2.64. The Hall–Kier alpha value is -1.35. The lowest BCUT2D eigenvalue weighted by Gasteiger charge is -2.09. The molecule has 1 heterocycles. The molecule has 0 radical (unpaired) electrons. The minimum Gasteiger partial charge on any atom is -0.477 e. The Morgan fingerprint density at radius 3 is 2.61 bits per heavy atom. The van der Waals surface area contributed by atoms with Crippen LogP contribution in [0, 0.1) is 0 Å². The van der Waals surface area contributed by atoms with Crippen LogP contribution in [0.5, 0.6) is 5.88 Å². The molecule has 0 amide bonds. The summed E-state index contributed by atoms with van der Waals surface area (Å²) in [4.78, 5) is 3.27. The molecule has 0 saturated carbocycles. The fourth-order valence-corrected chi connectivity index (χ4v) is 1.77. The number of sulfonamides is 1. The predicted molar refractivity (Wildman–Crippen MR) is 56.4 cm³/mol. The van der Waals surface area contributed by atoms with Crippen LogP contribution >= 0.6 is 0 Å². The molecular formula is C9H11F3N2O3S. The maximum Gasteiger partial charge on any atom is 0.389 e. The lowest BCUT2D eigenvalue weighted by molar-refractivity contribution is -0.136. The third-order valence-electron chi connectivity index (χ3n) is 1.89. The highest BCUT2D eigenvalue weighted by molar-refractivity contribution is 7.89. The molecule has 1 aromatic heterocycles. The number of hydrogen-bond donors (Lipinski definition) is 1. The predicted octanol–water partition coefficient (Wildman–Crippen LogP) is 1.45. The third kappa shape index (κ3) is 4.88. The van der Waals surface area contributed by atoms with Crippen LogP contribution in [0.1, 0.15) is 12.8 Å². The van der Waals surface area contributed by atoms with Gasteiger partial charge in [0.1, 0.15) is 4.90 Å². The topological polar surface area (TPSA) is 82.3 Å². The summed E-state index contributed by atoms with van der Waals surface area (Å²) in [5.74, 6) is -0.290. The van der Waals surface area contributed by atoms with E-state index in [9.17, 15) is 21.6 Å². The highest BCUT2D eigenvalue weighted by atomic mass is 32.2. The molecule has 102 valence electrons. The van der Waals surface area contributed by atoms with E-state index in [1.807, 2.05) is 0 Å². The van der Waals surface area contributed by atoms with Gasteiger partial charge in [0.15, 0.2) is 0 Å². The highest BCUT2D eigenvalue weighted by Crippen LogP contribution is 2.22. The molecule has 0 aromatic carbocycles. The van der Waals surface area contributed by atoms with Gasteiger partial charge in [-0.25, -0.2) is 18.5 Å². The Morgan fingerprint density at radius 2 is 2.06 bits per heavy atom. The maximum atomic E-state index is 11.9. The van der Waals surface area contributed by atoms with Gasteiger partial charge in [0.05, 0.1) is 6.61 Å². The lowest BCUT2D eigenvalue weighted by Crippen LogP contribution is -2.15. The van der Waals surface area contributed by atoms with Crippen molar-refractivity contribution in [3.05, 3.63) is 18.3 Å². The van der Waals surface area contributed by atoms with Crippen LogP contribution in [0.15, 0.2) is 23.2 Å². The minimum absolute atomic E-state index is 0.288. The number of alkyl halides is 3. The van der Waals surface area contributed by atoms with Gasteiger partial charge in [0.25, 0.3) is 0 Å². The zero-order chi connectivity index (χ0) is 13.8. The van der Waals surface area contributed by atoms with Gasteiger partial charge in [-0.05, 0) is 18.6 Å². The van der Waals surface area contributed by atoms with Crippen LogP contribution in [-0.2, 0) is 10.0 Å². The Labute approximate surface area is 102 Å². The Morgan fingerprint density at radius 1 is 1.39 bits per heavy atom. The van der Waals surface area contributed by atoms with Crippen molar-refractivity contribution in [3.8, 4) is 5.88 Å². The summed E-state index contributed by atoms with van der Waals surface area (Å²) >= 11 is 0. The van der Waals surface area contributed by atoms with E-state index in [2.05, 4.69) is 4.98 Å². The monoisotopic (exact) mass is 284 g/mol. The number of halogens is 3. The third-order valence-corrected chi connectivity index (χ3v) is 2.81. The van der Waals surface area contributed by atoms with Crippen LogP contribution in [0.25, 0.3) is 0 Å².